The molecule has 2 N–H and O–H groups in total. The minimum atomic E-state index is -0.826. The summed E-state index contributed by atoms with van der Waals surface area (Å²) in [7, 11) is 1.83. The normalized spacial score (nSPS) is 18.5. The first-order chi connectivity index (χ1) is 8.09. The maximum absolute atomic E-state index is 11.3. The second kappa shape index (κ2) is 4.87. The van der Waals surface area contributed by atoms with Crippen molar-refractivity contribution in [2.75, 3.05) is 0 Å². The number of nitrogens with one attached hydrogen (secondary N) is 1. The van der Waals surface area contributed by atoms with Crippen LogP contribution in [0.4, 0.5) is 0 Å². The van der Waals surface area contributed by atoms with Crippen molar-refractivity contribution in [3.8, 4) is 0 Å². The van der Waals surface area contributed by atoms with Crippen LogP contribution in [-0.4, -0.2) is 26.9 Å². The van der Waals surface area contributed by atoms with Gasteiger partial charge < -0.3 is 5.11 Å². The molecule has 94 valence electrons. The van der Waals surface area contributed by atoms with Crippen molar-refractivity contribution < 1.29 is 9.90 Å². The van der Waals surface area contributed by atoms with E-state index in [0.29, 0.717) is 6.04 Å². The first-order valence-electron chi connectivity index (χ1n) is 6.07. The predicted molar refractivity (Wildman–Crippen MR) is 63.7 cm³/mol. The molecule has 1 heterocycles. The van der Waals surface area contributed by atoms with Crippen LogP contribution in [0.25, 0.3) is 0 Å². The lowest BCUT2D eigenvalue weighted by Gasteiger charge is -2.19. The second-order valence-electron chi connectivity index (χ2n) is 4.73. The lowest BCUT2D eigenvalue weighted by atomic mass is 10.1. The summed E-state index contributed by atoms with van der Waals surface area (Å²) in [6, 6.07) is -0.303. The summed E-state index contributed by atoms with van der Waals surface area (Å²) in [5, 5.41) is 16.7. The number of carboxylic acid groups (broad SMARTS) is 1. The molecule has 0 aromatic carbocycles. The third-order valence-electron chi connectivity index (χ3n) is 3.59. The molecule has 1 atom stereocenters. The summed E-state index contributed by atoms with van der Waals surface area (Å²) in [6.45, 7) is 1.90. The van der Waals surface area contributed by atoms with Crippen molar-refractivity contribution in [2.45, 2.75) is 44.7 Å². The molecule has 2 rings (SSSR count). The summed E-state index contributed by atoms with van der Waals surface area (Å²) in [5.41, 5.74) is 1.68. The molecule has 5 heteroatoms. The first kappa shape index (κ1) is 12.1. The molecule has 0 bridgehead atoms. The molecule has 0 radical (unpaired) electrons. The van der Waals surface area contributed by atoms with Crippen molar-refractivity contribution >= 4 is 5.97 Å². The van der Waals surface area contributed by atoms with Crippen LogP contribution in [0.5, 0.6) is 0 Å². The quantitative estimate of drug-likeness (QED) is 0.830. The summed E-state index contributed by atoms with van der Waals surface area (Å²) < 4.78 is 1.71. The van der Waals surface area contributed by atoms with Gasteiger partial charge in [0, 0.05) is 24.3 Å². The number of aryl methyl sites for hydroxylation is 1. The lowest BCUT2D eigenvalue weighted by Crippen LogP contribution is -2.35. The highest BCUT2D eigenvalue weighted by Crippen LogP contribution is 2.23. The van der Waals surface area contributed by atoms with Crippen LogP contribution in [-0.2, 0) is 11.8 Å². The van der Waals surface area contributed by atoms with Crippen LogP contribution < -0.4 is 5.32 Å². The Labute approximate surface area is 101 Å². The highest BCUT2D eigenvalue weighted by atomic mass is 16.4. The zero-order chi connectivity index (χ0) is 12.4. The van der Waals surface area contributed by atoms with E-state index in [1.165, 1.54) is 12.8 Å². The Hall–Kier alpha value is -1.36. The van der Waals surface area contributed by atoms with Crippen LogP contribution in [0, 0.1) is 6.92 Å². The average molecular weight is 237 g/mol. The van der Waals surface area contributed by atoms with Crippen molar-refractivity contribution in [3.05, 3.63) is 17.5 Å². The molecule has 0 spiro atoms. The minimum absolute atomic E-state index is 0.329. The Morgan fingerprint density at radius 2 is 2.24 bits per heavy atom. The molecule has 1 aromatic rings. The largest absolute Gasteiger partial charge is 0.480 e. The van der Waals surface area contributed by atoms with E-state index in [1.54, 1.807) is 10.9 Å². The Morgan fingerprint density at radius 1 is 1.59 bits per heavy atom. The van der Waals surface area contributed by atoms with Gasteiger partial charge in [-0.05, 0) is 19.8 Å². The third kappa shape index (κ3) is 2.49. The average Bonchev–Trinajstić information content (AvgIpc) is 2.88. The van der Waals surface area contributed by atoms with Crippen molar-refractivity contribution in [1.29, 1.82) is 0 Å². The Kier molecular flexibility index (Phi) is 3.47. The van der Waals surface area contributed by atoms with E-state index >= 15 is 0 Å². The van der Waals surface area contributed by atoms with E-state index in [-0.39, 0.29) is 0 Å². The molecule has 0 saturated heterocycles. The number of aromatic nitrogens is 2. The fourth-order valence-electron chi connectivity index (χ4n) is 2.42. The summed E-state index contributed by atoms with van der Waals surface area (Å²) in [4.78, 5) is 11.3. The molecule has 17 heavy (non-hydrogen) atoms. The van der Waals surface area contributed by atoms with Crippen LogP contribution in [0.1, 0.15) is 43.0 Å². The van der Waals surface area contributed by atoms with E-state index < -0.39 is 12.0 Å². The van der Waals surface area contributed by atoms with Gasteiger partial charge in [-0.25, -0.2) is 0 Å². The van der Waals surface area contributed by atoms with Gasteiger partial charge in [0.05, 0.1) is 6.20 Å². The summed E-state index contributed by atoms with van der Waals surface area (Å²) in [6.07, 6.45) is 6.17. The van der Waals surface area contributed by atoms with Crippen LogP contribution in [0.3, 0.4) is 0 Å². The van der Waals surface area contributed by atoms with E-state index in [9.17, 15) is 9.90 Å². The number of hydrogen-bond donors (Lipinski definition) is 2. The molecular formula is C12H19N3O2. The molecule has 1 aliphatic rings. The molecule has 1 saturated carbocycles. The Morgan fingerprint density at radius 3 is 2.71 bits per heavy atom. The summed E-state index contributed by atoms with van der Waals surface area (Å²) in [5.74, 6) is -0.826. The zero-order valence-corrected chi connectivity index (χ0v) is 10.3. The highest BCUT2D eigenvalue weighted by molar-refractivity contribution is 5.75. The van der Waals surface area contributed by atoms with Crippen LogP contribution in [0.15, 0.2) is 6.20 Å². The smallest absolute Gasteiger partial charge is 0.325 e. The molecule has 1 aromatic heterocycles. The first-order valence-corrected chi connectivity index (χ1v) is 6.07. The summed E-state index contributed by atoms with van der Waals surface area (Å²) >= 11 is 0. The number of aliphatic carboxylic acids is 1. The van der Waals surface area contributed by atoms with Crippen LogP contribution >= 0.6 is 0 Å². The minimum Gasteiger partial charge on any atom is -0.480 e. The predicted octanol–water partition coefficient (Wildman–Crippen LogP) is 1.39. The molecule has 1 fully saturated rings. The molecule has 1 aliphatic carbocycles. The maximum atomic E-state index is 11.3. The molecular weight excluding hydrogens is 218 g/mol. The van der Waals surface area contributed by atoms with E-state index in [1.807, 2.05) is 14.0 Å². The molecule has 5 nitrogen and oxygen atoms in total. The maximum Gasteiger partial charge on any atom is 0.325 e. The van der Waals surface area contributed by atoms with Gasteiger partial charge in [-0.2, -0.15) is 5.10 Å². The molecule has 0 aliphatic heterocycles. The number of hydrogen-bond acceptors (Lipinski definition) is 3. The zero-order valence-electron chi connectivity index (χ0n) is 10.3. The number of rotatable bonds is 4. The topological polar surface area (TPSA) is 67.2 Å². The van der Waals surface area contributed by atoms with Gasteiger partial charge >= 0.3 is 5.97 Å². The van der Waals surface area contributed by atoms with Crippen molar-refractivity contribution in [2.24, 2.45) is 7.05 Å². The second-order valence-corrected chi connectivity index (χ2v) is 4.73. The van der Waals surface area contributed by atoms with E-state index in [4.69, 9.17) is 0 Å². The van der Waals surface area contributed by atoms with Gasteiger partial charge in [-0.1, -0.05) is 12.8 Å². The van der Waals surface area contributed by atoms with Gasteiger partial charge in [0.2, 0.25) is 0 Å². The Balaban J connectivity index is 2.16. The van der Waals surface area contributed by atoms with Crippen molar-refractivity contribution in [3.63, 3.8) is 0 Å². The van der Waals surface area contributed by atoms with Gasteiger partial charge in [-0.15, -0.1) is 0 Å². The fourth-order valence-corrected chi connectivity index (χ4v) is 2.42. The van der Waals surface area contributed by atoms with Gasteiger partial charge in [0.25, 0.3) is 0 Å². The lowest BCUT2D eigenvalue weighted by molar-refractivity contribution is -0.139. The molecule has 1 unspecified atom stereocenters. The van der Waals surface area contributed by atoms with Gasteiger partial charge in [-0.3, -0.25) is 14.8 Å². The fraction of sp³-hybridized carbons (Fsp3) is 0.667. The van der Waals surface area contributed by atoms with E-state index in [0.717, 1.165) is 24.1 Å². The van der Waals surface area contributed by atoms with Gasteiger partial charge in [0.1, 0.15) is 6.04 Å². The SMILES string of the molecule is Cc1c(C(NC2CCCC2)C(=O)O)cnn1C. The standard InChI is InChI=1S/C12H19N3O2/c1-8-10(7-13-15(8)2)11(12(16)17)14-9-5-3-4-6-9/h7,9,11,14H,3-6H2,1-2H3,(H,16,17). The third-order valence-corrected chi connectivity index (χ3v) is 3.59. The van der Waals surface area contributed by atoms with Gasteiger partial charge in [0.15, 0.2) is 0 Å². The van der Waals surface area contributed by atoms with Crippen LogP contribution in [0.2, 0.25) is 0 Å². The number of nitrogens with zero attached hydrogens (tertiary/aromatic N) is 2. The monoisotopic (exact) mass is 237 g/mol. The van der Waals surface area contributed by atoms with Crippen molar-refractivity contribution in [1.82, 2.24) is 15.1 Å². The number of carboxylic acids is 1. The molecule has 0 amide bonds. The number of carbonyl (C=O) groups is 1. The Bertz CT molecular complexity index is 408. The van der Waals surface area contributed by atoms with E-state index in [2.05, 4.69) is 10.4 Å². The highest BCUT2D eigenvalue weighted by Gasteiger charge is 2.27.